The maximum atomic E-state index is 13.4. The molecule has 0 unspecified atom stereocenters. The summed E-state index contributed by atoms with van der Waals surface area (Å²) in [5.41, 5.74) is 1.36. The number of aromatic nitrogens is 2. The maximum Gasteiger partial charge on any atom is 0.234 e. The summed E-state index contributed by atoms with van der Waals surface area (Å²) >= 11 is 0. The molecule has 1 aromatic heterocycles. The molecule has 1 fully saturated rings. The van der Waals surface area contributed by atoms with Crippen LogP contribution < -0.4 is 0 Å². The Morgan fingerprint density at radius 2 is 2.10 bits per heavy atom. The highest BCUT2D eigenvalue weighted by molar-refractivity contribution is 5.82. The number of nitrogens with zero attached hydrogens (tertiary/aromatic N) is 2. The van der Waals surface area contributed by atoms with Gasteiger partial charge in [-0.2, -0.15) is 4.98 Å². The molecule has 110 valence electrons. The van der Waals surface area contributed by atoms with Crippen molar-refractivity contribution in [3.8, 4) is 11.4 Å². The van der Waals surface area contributed by atoms with Crippen molar-refractivity contribution in [2.75, 3.05) is 0 Å². The molecule has 0 amide bonds. The van der Waals surface area contributed by atoms with E-state index in [-0.39, 0.29) is 23.9 Å². The first-order valence-electron chi connectivity index (χ1n) is 7.24. The molecule has 21 heavy (non-hydrogen) atoms. The lowest BCUT2D eigenvalue weighted by Gasteiger charge is -2.04. The average Bonchev–Trinajstić information content (AvgIpc) is 3.08. The molecular formula is C16H17FN2O2. The van der Waals surface area contributed by atoms with Gasteiger partial charge >= 0.3 is 0 Å². The molecule has 3 rings (SSSR count). The number of rotatable bonds is 4. The van der Waals surface area contributed by atoms with Crippen LogP contribution in [0.2, 0.25) is 0 Å². The Morgan fingerprint density at radius 3 is 2.81 bits per heavy atom. The molecule has 5 heteroatoms. The van der Waals surface area contributed by atoms with Crippen LogP contribution in [0.25, 0.3) is 11.4 Å². The molecule has 1 aliphatic rings. The van der Waals surface area contributed by atoms with E-state index in [4.69, 9.17) is 4.52 Å². The average molecular weight is 288 g/mol. The Bertz CT molecular complexity index is 640. The standard InChI is InChI=1S/C16H17FN2O2/c1-10-6-12(8-13(17)7-10)16-18-15(21-19-16)9-14(20)11-4-2-3-5-11/h6-8,11H,2-5,9H2,1H3. The van der Waals surface area contributed by atoms with Crippen molar-refractivity contribution >= 4 is 5.78 Å². The number of hydrogen-bond donors (Lipinski definition) is 0. The monoisotopic (exact) mass is 288 g/mol. The number of ketones is 1. The lowest BCUT2D eigenvalue weighted by Crippen LogP contribution is -2.13. The first-order valence-corrected chi connectivity index (χ1v) is 7.24. The van der Waals surface area contributed by atoms with Gasteiger partial charge in [0.25, 0.3) is 0 Å². The zero-order valence-electron chi connectivity index (χ0n) is 11.9. The number of carbonyl (C=O) groups is 1. The van der Waals surface area contributed by atoms with E-state index in [2.05, 4.69) is 10.1 Å². The van der Waals surface area contributed by atoms with Crippen molar-refractivity contribution in [1.29, 1.82) is 0 Å². The summed E-state index contributed by atoms with van der Waals surface area (Å²) in [6, 6.07) is 4.59. The minimum absolute atomic E-state index is 0.136. The van der Waals surface area contributed by atoms with E-state index in [9.17, 15) is 9.18 Å². The molecule has 4 nitrogen and oxygen atoms in total. The maximum absolute atomic E-state index is 13.4. The van der Waals surface area contributed by atoms with Crippen LogP contribution in [0, 0.1) is 18.7 Å². The molecule has 0 saturated heterocycles. The van der Waals surface area contributed by atoms with E-state index >= 15 is 0 Å². The van der Waals surface area contributed by atoms with Gasteiger partial charge < -0.3 is 4.52 Å². The molecule has 0 spiro atoms. The predicted molar refractivity (Wildman–Crippen MR) is 75.1 cm³/mol. The van der Waals surface area contributed by atoms with Crippen LogP contribution in [0.5, 0.6) is 0 Å². The Labute approximate surface area is 122 Å². The molecule has 1 saturated carbocycles. The molecular weight excluding hydrogens is 271 g/mol. The van der Waals surface area contributed by atoms with Crippen LogP contribution >= 0.6 is 0 Å². The number of Topliss-reactive ketones (excluding diaryl/α,β-unsaturated/α-hetero) is 1. The second kappa shape index (κ2) is 5.76. The van der Waals surface area contributed by atoms with E-state index in [1.807, 2.05) is 0 Å². The van der Waals surface area contributed by atoms with Crippen molar-refractivity contribution < 1.29 is 13.7 Å². The summed E-state index contributed by atoms with van der Waals surface area (Å²) in [6.45, 7) is 1.80. The van der Waals surface area contributed by atoms with E-state index in [0.29, 0.717) is 17.3 Å². The summed E-state index contributed by atoms with van der Waals surface area (Å²) in [4.78, 5) is 16.3. The van der Waals surface area contributed by atoms with Gasteiger partial charge in [-0.05, 0) is 43.5 Å². The highest BCUT2D eigenvalue weighted by Crippen LogP contribution is 2.27. The highest BCUT2D eigenvalue weighted by atomic mass is 19.1. The first kappa shape index (κ1) is 13.9. The largest absolute Gasteiger partial charge is 0.339 e. The van der Waals surface area contributed by atoms with Gasteiger partial charge in [-0.25, -0.2) is 4.39 Å². The van der Waals surface area contributed by atoms with Crippen LogP contribution in [0.15, 0.2) is 22.7 Å². The lowest BCUT2D eigenvalue weighted by atomic mass is 10.0. The predicted octanol–water partition coefficient (Wildman–Crippen LogP) is 3.49. The highest BCUT2D eigenvalue weighted by Gasteiger charge is 2.24. The summed E-state index contributed by atoms with van der Waals surface area (Å²) in [7, 11) is 0. The van der Waals surface area contributed by atoms with E-state index in [1.165, 1.54) is 12.1 Å². The molecule has 1 heterocycles. The van der Waals surface area contributed by atoms with Crippen LogP contribution in [0.3, 0.4) is 0 Å². The summed E-state index contributed by atoms with van der Waals surface area (Å²) < 4.78 is 18.5. The second-order valence-electron chi connectivity index (χ2n) is 5.65. The van der Waals surface area contributed by atoms with E-state index in [0.717, 1.165) is 31.2 Å². The fourth-order valence-electron chi connectivity index (χ4n) is 2.85. The van der Waals surface area contributed by atoms with Gasteiger partial charge in [0.15, 0.2) is 0 Å². The normalized spacial score (nSPS) is 15.5. The summed E-state index contributed by atoms with van der Waals surface area (Å²) in [6.07, 6.45) is 4.33. The van der Waals surface area contributed by atoms with Crippen molar-refractivity contribution in [3.05, 3.63) is 35.5 Å². The van der Waals surface area contributed by atoms with Crippen LogP contribution in [0.1, 0.15) is 37.1 Å². The minimum Gasteiger partial charge on any atom is -0.339 e. The van der Waals surface area contributed by atoms with Gasteiger partial charge in [0.05, 0.1) is 6.42 Å². The Balaban J connectivity index is 1.75. The molecule has 1 aliphatic carbocycles. The van der Waals surface area contributed by atoms with Gasteiger partial charge in [0.2, 0.25) is 11.7 Å². The zero-order chi connectivity index (χ0) is 14.8. The van der Waals surface area contributed by atoms with Crippen molar-refractivity contribution in [3.63, 3.8) is 0 Å². The minimum atomic E-state index is -0.335. The van der Waals surface area contributed by atoms with Crippen LogP contribution in [-0.4, -0.2) is 15.9 Å². The third kappa shape index (κ3) is 3.17. The number of carbonyl (C=O) groups excluding carboxylic acids is 1. The molecule has 1 aromatic carbocycles. The fourth-order valence-corrected chi connectivity index (χ4v) is 2.85. The van der Waals surface area contributed by atoms with Gasteiger partial charge in [0, 0.05) is 11.5 Å². The number of halogens is 1. The Hall–Kier alpha value is -2.04. The van der Waals surface area contributed by atoms with E-state index in [1.54, 1.807) is 13.0 Å². The Morgan fingerprint density at radius 1 is 1.33 bits per heavy atom. The summed E-state index contributed by atoms with van der Waals surface area (Å²) in [5, 5.41) is 3.84. The third-order valence-electron chi connectivity index (χ3n) is 3.90. The SMILES string of the molecule is Cc1cc(F)cc(-c2noc(CC(=O)C3CCCC3)n2)c1. The zero-order valence-corrected chi connectivity index (χ0v) is 11.9. The number of aryl methyl sites for hydroxylation is 1. The quantitative estimate of drug-likeness (QED) is 0.864. The first-order chi connectivity index (χ1) is 10.1. The lowest BCUT2D eigenvalue weighted by molar-refractivity contribution is -0.122. The van der Waals surface area contributed by atoms with Gasteiger partial charge in [-0.1, -0.05) is 18.0 Å². The summed E-state index contributed by atoms with van der Waals surface area (Å²) in [5.74, 6) is 0.601. The molecule has 2 aromatic rings. The fraction of sp³-hybridized carbons (Fsp3) is 0.438. The number of hydrogen-bond acceptors (Lipinski definition) is 4. The molecule has 0 atom stereocenters. The van der Waals surface area contributed by atoms with Gasteiger partial charge in [0.1, 0.15) is 11.6 Å². The molecule has 0 radical (unpaired) electrons. The van der Waals surface area contributed by atoms with Gasteiger partial charge in [-0.15, -0.1) is 0 Å². The second-order valence-corrected chi connectivity index (χ2v) is 5.65. The van der Waals surface area contributed by atoms with Gasteiger partial charge in [-0.3, -0.25) is 4.79 Å². The molecule has 0 N–H and O–H groups in total. The topological polar surface area (TPSA) is 56.0 Å². The van der Waals surface area contributed by atoms with Crippen molar-refractivity contribution in [2.45, 2.75) is 39.0 Å². The smallest absolute Gasteiger partial charge is 0.234 e. The van der Waals surface area contributed by atoms with Crippen LogP contribution in [-0.2, 0) is 11.2 Å². The van der Waals surface area contributed by atoms with Crippen molar-refractivity contribution in [1.82, 2.24) is 10.1 Å². The molecule has 0 bridgehead atoms. The van der Waals surface area contributed by atoms with Crippen LogP contribution in [0.4, 0.5) is 4.39 Å². The van der Waals surface area contributed by atoms with Crippen molar-refractivity contribution in [2.24, 2.45) is 5.92 Å². The third-order valence-corrected chi connectivity index (χ3v) is 3.90. The Kier molecular flexibility index (Phi) is 3.82. The number of benzene rings is 1. The van der Waals surface area contributed by atoms with E-state index < -0.39 is 0 Å². The molecule has 0 aliphatic heterocycles.